The zero-order valence-electron chi connectivity index (χ0n) is 11.2. The van der Waals surface area contributed by atoms with Crippen LogP contribution in [0.4, 0.5) is 0 Å². The zero-order valence-corrected chi connectivity index (χ0v) is 11.2. The molecule has 1 saturated heterocycles. The fourth-order valence-corrected chi connectivity index (χ4v) is 2.55. The number of hydrogen-bond acceptors (Lipinski definition) is 2. The van der Waals surface area contributed by atoms with Gasteiger partial charge in [-0.05, 0) is 24.9 Å². The molecule has 3 heteroatoms. The third kappa shape index (κ3) is 4.21. The minimum absolute atomic E-state index is 0.317. The van der Waals surface area contributed by atoms with Crippen molar-refractivity contribution in [1.82, 2.24) is 4.90 Å². The van der Waals surface area contributed by atoms with Crippen LogP contribution in [0.2, 0.25) is 0 Å². The maximum Gasteiger partial charge on any atom is 0.320 e. The van der Waals surface area contributed by atoms with Crippen LogP contribution in [0.5, 0.6) is 0 Å². The molecule has 1 aromatic carbocycles. The van der Waals surface area contributed by atoms with Gasteiger partial charge in [0.15, 0.2) is 0 Å². The third-order valence-electron chi connectivity index (χ3n) is 3.60. The Morgan fingerprint density at radius 2 is 2.05 bits per heavy atom. The topological polar surface area (TPSA) is 40.5 Å². The predicted molar refractivity (Wildman–Crippen MR) is 76.9 cm³/mol. The Bertz CT molecular complexity index is 428. The molecule has 1 unspecified atom stereocenters. The zero-order chi connectivity index (χ0) is 13.5. The van der Waals surface area contributed by atoms with E-state index in [-0.39, 0.29) is 6.04 Å². The molecule has 0 spiro atoms. The van der Waals surface area contributed by atoms with Gasteiger partial charge >= 0.3 is 5.97 Å². The number of carboxylic acid groups (broad SMARTS) is 1. The lowest BCUT2D eigenvalue weighted by Crippen LogP contribution is -2.40. The van der Waals surface area contributed by atoms with Gasteiger partial charge in [-0.25, -0.2) is 0 Å². The second-order valence-electron chi connectivity index (χ2n) is 5.01. The number of carbonyl (C=O) groups is 1. The highest BCUT2D eigenvalue weighted by Crippen LogP contribution is 2.17. The first kappa shape index (κ1) is 13.8. The first-order valence-corrected chi connectivity index (χ1v) is 6.96. The second kappa shape index (κ2) is 7.10. The van der Waals surface area contributed by atoms with Gasteiger partial charge in [0.1, 0.15) is 6.04 Å². The molecule has 0 saturated carbocycles. The van der Waals surface area contributed by atoms with Gasteiger partial charge in [-0.2, -0.15) is 0 Å². The van der Waals surface area contributed by atoms with E-state index in [0.29, 0.717) is 6.54 Å². The lowest BCUT2D eigenvalue weighted by Gasteiger charge is -2.25. The molecular weight excluding hydrogens is 238 g/mol. The molecule has 1 aromatic rings. The minimum Gasteiger partial charge on any atom is -0.480 e. The van der Waals surface area contributed by atoms with Crippen LogP contribution in [0.15, 0.2) is 36.4 Å². The van der Waals surface area contributed by atoms with E-state index in [1.54, 1.807) is 0 Å². The summed E-state index contributed by atoms with van der Waals surface area (Å²) in [5.74, 6) is -0.685. The quantitative estimate of drug-likeness (QED) is 0.903. The van der Waals surface area contributed by atoms with Gasteiger partial charge in [-0.3, -0.25) is 9.69 Å². The standard InChI is InChI=1S/C16H21NO2/c18-16(19)15-11-5-2-6-12-17(15)13-7-10-14-8-3-1-4-9-14/h1,3-4,7-10,15H,2,5-6,11-13H2,(H,18,19). The Hall–Kier alpha value is -1.61. The number of aliphatic carboxylic acids is 1. The van der Waals surface area contributed by atoms with Crippen LogP contribution < -0.4 is 0 Å². The van der Waals surface area contributed by atoms with E-state index in [2.05, 4.69) is 17.1 Å². The summed E-state index contributed by atoms with van der Waals surface area (Å²) in [7, 11) is 0. The highest BCUT2D eigenvalue weighted by molar-refractivity contribution is 5.73. The average Bonchev–Trinajstić information content (AvgIpc) is 2.65. The summed E-state index contributed by atoms with van der Waals surface area (Å²) in [4.78, 5) is 13.4. The van der Waals surface area contributed by atoms with Crippen LogP contribution in [-0.4, -0.2) is 35.1 Å². The molecule has 102 valence electrons. The number of benzene rings is 1. The number of rotatable bonds is 4. The molecule has 0 aromatic heterocycles. The second-order valence-corrected chi connectivity index (χ2v) is 5.01. The number of nitrogens with zero attached hydrogens (tertiary/aromatic N) is 1. The Balaban J connectivity index is 1.95. The third-order valence-corrected chi connectivity index (χ3v) is 3.60. The van der Waals surface area contributed by atoms with Crippen molar-refractivity contribution in [2.75, 3.05) is 13.1 Å². The fourth-order valence-electron chi connectivity index (χ4n) is 2.55. The van der Waals surface area contributed by atoms with Gasteiger partial charge in [-0.15, -0.1) is 0 Å². The first-order valence-electron chi connectivity index (χ1n) is 6.96. The van der Waals surface area contributed by atoms with E-state index >= 15 is 0 Å². The largest absolute Gasteiger partial charge is 0.480 e. The van der Waals surface area contributed by atoms with Crippen molar-refractivity contribution in [3.8, 4) is 0 Å². The number of likely N-dealkylation sites (tertiary alicyclic amines) is 1. The Morgan fingerprint density at radius 3 is 2.79 bits per heavy atom. The fraction of sp³-hybridized carbons (Fsp3) is 0.438. The van der Waals surface area contributed by atoms with Gasteiger partial charge in [0.2, 0.25) is 0 Å². The van der Waals surface area contributed by atoms with Crippen LogP contribution in [0.1, 0.15) is 31.2 Å². The van der Waals surface area contributed by atoms with Crippen molar-refractivity contribution in [2.24, 2.45) is 0 Å². The average molecular weight is 259 g/mol. The smallest absolute Gasteiger partial charge is 0.320 e. The highest BCUT2D eigenvalue weighted by Gasteiger charge is 2.25. The number of hydrogen-bond donors (Lipinski definition) is 1. The molecule has 1 heterocycles. The summed E-state index contributed by atoms with van der Waals surface area (Å²) < 4.78 is 0. The molecule has 3 nitrogen and oxygen atoms in total. The van der Waals surface area contributed by atoms with Crippen molar-refractivity contribution in [2.45, 2.75) is 31.7 Å². The van der Waals surface area contributed by atoms with Gasteiger partial charge in [0.05, 0.1) is 0 Å². The molecule has 1 N–H and O–H groups in total. The molecule has 19 heavy (non-hydrogen) atoms. The summed E-state index contributed by atoms with van der Waals surface area (Å²) in [6.07, 6.45) is 8.16. The van der Waals surface area contributed by atoms with E-state index in [0.717, 1.165) is 37.8 Å². The molecule has 0 bridgehead atoms. The molecule has 1 aliphatic rings. The molecule has 1 aliphatic heterocycles. The van der Waals surface area contributed by atoms with Crippen LogP contribution in [0.25, 0.3) is 6.08 Å². The van der Waals surface area contributed by atoms with E-state index < -0.39 is 5.97 Å². The van der Waals surface area contributed by atoms with Crippen molar-refractivity contribution in [1.29, 1.82) is 0 Å². The van der Waals surface area contributed by atoms with Gasteiger partial charge in [0, 0.05) is 6.54 Å². The predicted octanol–water partition coefficient (Wildman–Crippen LogP) is 3.03. The van der Waals surface area contributed by atoms with E-state index in [9.17, 15) is 9.90 Å². The summed E-state index contributed by atoms with van der Waals surface area (Å²) >= 11 is 0. The minimum atomic E-state index is -0.685. The molecule has 1 fully saturated rings. The van der Waals surface area contributed by atoms with Crippen LogP contribution in [0.3, 0.4) is 0 Å². The molecule has 1 atom stereocenters. The maximum atomic E-state index is 11.3. The Morgan fingerprint density at radius 1 is 1.26 bits per heavy atom. The van der Waals surface area contributed by atoms with Crippen molar-refractivity contribution < 1.29 is 9.90 Å². The van der Waals surface area contributed by atoms with Crippen LogP contribution >= 0.6 is 0 Å². The van der Waals surface area contributed by atoms with E-state index in [1.807, 2.05) is 30.3 Å². The summed E-state index contributed by atoms with van der Waals surface area (Å²) in [6.45, 7) is 1.60. The van der Waals surface area contributed by atoms with E-state index in [1.165, 1.54) is 0 Å². The highest BCUT2D eigenvalue weighted by atomic mass is 16.4. The molecule has 0 amide bonds. The SMILES string of the molecule is O=C(O)C1CCCCCN1CC=Cc1ccccc1. The lowest BCUT2D eigenvalue weighted by atomic mass is 10.1. The molecule has 0 aliphatic carbocycles. The Labute approximate surface area is 114 Å². The van der Waals surface area contributed by atoms with Crippen LogP contribution in [-0.2, 0) is 4.79 Å². The molecule has 2 rings (SSSR count). The van der Waals surface area contributed by atoms with Gasteiger partial charge in [0.25, 0.3) is 0 Å². The van der Waals surface area contributed by atoms with Gasteiger partial charge < -0.3 is 5.11 Å². The Kier molecular flexibility index (Phi) is 5.16. The van der Waals surface area contributed by atoms with Crippen molar-refractivity contribution >= 4 is 12.0 Å². The monoisotopic (exact) mass is 259 g/mol. The molecule has 0 radical (unpaired) electrons. The summed E-state index contributed by atoms with van der Waals surface area (Å²) in [5.41, 5.74) is 1.16. The summed E-state index contributed by atoms with van der Waals surface area (Å²) in [5, 5.41) is 9.28. The van der Waals surface area contributed by atoms with Gasteiger partial charge in [-0.1, -0.05) is 55.3 Å². The first-order chi connectivity index (χ1) is 9.27. The van der Waals surface area contributed by atoms with Crippen molar-refractivity contribution in [3.63, 3.8) is 0 Å². The van der Waals surface area contributed by atoms with Crippen LogP contribution in [0, 0.1) is 0 Å². The number of carboxylic acids is 1. The normalized spacial score (nSPS) is 21.4. The van der Waals surface area contributed by atoms with Crippen molar-refractivity contribution in [3.05, 3.63) is 42.0 Å². The summed E-state index contributed by atoms with van der Waals surface area (Å²) in [6, 6.07) is 9.79. The molecular formula is C16H21NO2. The van der Waals surface area contributed by atoms with E-state index in [4.69, 9.17) is 0 Å². The maximum absolute atomic E-state index is 11.3. The lowest BCUT2D eigenvalue weighted by molar-refractivity contribution is -0.143.